The molecule has 1 aliphatic heterocycles. The van der Waals surface area contributed by atoms with Crippen LogP contribution in [0.1, 0.15) is 12.5 Å². The first-order chi connectivity index (χ1) is 6.81. The molecular weight excluding hydrogens is 176 g/mol. The molecule has 0 bridgehead atoms. The van der Waals surface area contributed by atoms with E-state index in [9.17, 15) is 0 Å². The summed E-state index contributed by atoms with van der Waals surface area (Å²) in [6.07, 6.45) is 0. The molecular formula is C11H16N2O. The highest BCUT2D eigenvalue weighted by Crippen LogP contribution is 2.32. The number of hydrogen-bond donors (Lipinski definition) is 3. The lowest BCUT2D eigenvalue weighted by atomic mass is 10.0. The smallest absolute Gasteiger partial charge is 0.0473 e. The Bertz CT molecular complexity index is 325. The minimum Gasteiger partial charge on any atom is -0.396 e. The van der Waals surface area contributed by atoms with E-state index in [4.69, 9.17) is 5.11 Å². The molecule has 1 atom stereocenters. The van der Waals surface area contributed by atoms with Gasteiger partial charge >= 0.3 is 0 Å². The number of anilines is 2. The number of aliphatic hydroxyl groups excluding tert-OH is 1. The highest BCUT2D eigenvalue weighted by molar-refractivity contribution is 5.71. The summed E-state index contributed by atoms with van der Waals surface area (Å²) in [5.41, 5.74) is 3.78. The number of fused-ring (bicyclic) bond motifs is 1. The van der Waals surface area contributed by atoms with E-state index in [1.807, 2.05) is 13.0 Å². The molecule has 3 N–H and O–H groups in total. The van der Waals surface area contributed by atoms with Gasteiger partial charge in [0.1, 0.15) is 0 Å². The molecule has 76 valence electrons. The van der Waals surface area contributed by atoms with Gasteiger partial charge in [-0.3, -0.25) is 0 Å². The Morgan fingerprint density at radius 3 is 3.07 bits per heavy atom. The molecule has 0 saturated carbocycles. The SMILES string of the molecule is CC(CO)CNc1cccc2c1CN2. The molecule has 0 spiro atoms. The van der Waals surface area contributed by atoms with E-state index < -0.39 is 0 Å². The third-order valence-corrected chi connectivity index (χ3v) is 2.58. The predicted molar refractivity (Wildman–Crippen MR) is 58.5 cm³/mol. The minimum absolute atomic E-state index is 0.236. The number of benzene rings is 1. The van der Waals surface area contributed by atoms with Crippen LogP contribution in [0.3, 0.4) is 0 Å². The Kier molecular flexibility index (Phi) is 2.59. The lowest BCUT2D eigenvalue weighted by Crippen LogP contribution is -2.20. The maximum atomic E-state index is 8.90. The summed E-state index contributed by atoms with van der Waals surface area (Å²) in [4.78, 5) is 0. The monoisotopic (exact) mass is 192 g/mol. The highest BCUT2D eigenvalue weighted by Gasteiger charge is 2.15. The molecule has 1 aliphatic rings. The maximum Gasteiger partial charge on any atom is 0.0473 e. The van der Waals surface area contributed by atoms with Gasteiger partial charge in [-0.05, 0) is 18.1 Å². The fourth-order valence-corrected chi connectivity index (χ4v) is 1.53. The molecule has 0 fully saturated rings. The Balaban J connectivity index is 2.00. The third-order valence-electron chi connectivity index (χ3n) is 2.58. The fraction of sp³-hybridized carbons (Fsp3) is 0.455. The van der Waals surface area contributed by atoms with Crippen molar-refractivity contribution in [3.05, 3.63) is 23.8 Å². The van der Waals surface area contributed by atoms with Crippen molar-refractivity contribution in [2.75, 3.05) is 23.8 Å². The quantitative estimate of drug-likeness (QED) is 0.679. The van der Waals surface area contributed by atoms with Crippen LogP contribution in [0.15, 0.2) is 18.2 Å². The van der Waals surface area contributed by atoms with E-state index in [2.05, 4.69) is 22.8 Å². The van der Waals surface area contributed by atoms with Gasteiger partial charge in [0, 0.05) is 36.6 Å². The van der Waals surface area contributed by atoms with Gasteiger partial charge in [0.05, 0.1) is 0 Å². The zero-order chi connectivity index (χ0) is 9.97. The summed E-state index contributed by atoms with van der Waals surface area (Å²) < 4.78 is 0. The van der Waals surface area contributed by atoms with Crippen molar-refractivity contribution in [2.45, 2.75) is 13.5 Å². The van der Waals surface area contributed by atoms with E-state index in [-0.39, 0.29) is 6.61 Å². The van der Waals surface area contributed by atoms with Crippen LogP contribution in [-0.2, 0) is 6.54 Å². The third kappa shape index (κ3) is 1.68. The van der Waals surface area contributed by atoms with Crippen LogP contribution in [0.4, 0.5) is 11.4 Å². The van der Waals surface area contributed by atoms with Crippen LogP contribution in [-0.4, -0.2) is 18.3 Å². The van der Waals surface area contributed by atoms with E-state index in [1.165, 1.54) is 16.9 Å². The second kappa shape index (κ2) is 3.88. The molecule has 0 radical (unpaired) electrons. The Hall–Kier alpha value is -1.22. The van der Waals surface area contributed by atoms with E-state index in [0.717, 1.165) is 13.1 Å². The topological polar surface area (TPSA) is 44.3 Å². The van der Waals surface area contributed by atoms with Gasteiger partial charge in [0.25, 0.3) is 0 Å². The van der Waals surface area contributed by atoms with Crippen LogP contribution in [0.25, 0.3) is 0 Å². The Labute approximate surface area is 84.1 Å². The van der Waals surface area contributed by atoms with E-state index >= 15 is 0 Å². The molecule has 3 heteroatoms. The predicted octanol–water partition coefficient (Wildman–Crippen LogP) is 1.65. The molecule has 1 heterocycles. The summed E-state index contributed by atoms with van der Waals surface area (Å²) in [6, 6.07) is 6.21. The average molecular weight is 192 g/mol. The number of hydrogen-bond acceptors (Lipinski definition) is 3. The largest absolute Gasteiger partial charge is 0.396 e. The highest BCUT2D eigenvalue weighted by atomic mass is 16.3. The van der Waals surface area contributed by atoms with Crippen LogP contribution in [0, 0.1) is 5.92 Å². The van der Waals surface area contributed by atoms with Gasteiger partial charge in [-0.2, -0.15) is 0 Å². The first kappa shape index (κ1) is 9.34. The second-order valence-electron chi connectivity index (χ2n) is 3.85. The average Bonchev–Trinajstić information content (AvgIpc) is 2.16. The molecule has 14 heavy (non-hydrogen) atoms. The van der Waals surface area contributed by atoms with Gasteiger partial charge in [-0.25, -0.2) is 0 Å². The molecule has 2 rings (SSSR count). The molecule has 3 nitrogen and oxygen atoms in total. The van der Waals surface area contributed by atoms with Crippen molar-refractivity contribution in [2.24, 2.45) is 5.92 Å². The van der Waals surface area contributed by atoms with Crippen molar-refractivity contribution in [1.82, 2.24) is 0 Å². The lowest BCUT2D eigenvalue weighted by Gasteiger charge is -2.25. The van der Waals surface area contributed by atoms with Crippen LogP contribution in [0.2, 0.25) is 0 Å². The summed E-state index contributed by atoms with van der Waals surface area (Å²) >= 11 is 0. The van der Waals surface area contributed by atoms with Gasteiger partial charge in [-0.15, -0.1) is 0 Å². The molecule has 1 aromatic rings. The first-order valence-corrected chi connectivity index (χ1v) is 5.01. The minimum atomic E-state index is 0.236. The zero-order valence-corrected chi connectivity index (χ0v) is 8.38. The van der Waals surface area contributed by atoms with Crippen LogP contribution in [0.5, 0.6) is 0 Å². The van der Waals surface area contributed by atoms with Gasteiger partial charge in [0.15, 0.2) is 0 Å². The van der Waals surface area contributed by atoms with Gasteiger partial charge in [0.2, 0.25) is 0 Å². The van der Waals surface area contributed by atoms with E-state index in [0.29, 0.717) is 5.92 Å². The van der Waals surface area contributed by atoms with E-state index in [1.54, 1.807) is 0 Å². The normalized spacial score (nSPS) is 15.0. The Morgan fingerprint density at radius 1 is 1.57 bits per heavy atom. The zero-order valence-electron chi connectivity index (χ0n) is 8.38. The number of rotatable bonds is 4. The second-order valence-corrected chi connectivity index (χ2v) is 3.85. The van der Waals surface area contributed by atoms with Crippen LogP contribution < -0.4 is 10.6 Å². The molecule has 0 saturated heterocycles. The number of nitrogens with one attached hydrogen (secondary N) is 2. The van der Waals surface area contributed by atoms with Crippen molar-refractivity contribution in [3.8, 4) is 0 Å². The standard InChI is InChI=1S/C11H16N2O/c1-8(7-14)5-12-10-3-2-4-11-9(10)6-13-11/h2-4,8,12-14H,5-7H2,1H3. The number of aliphatic hydroxyl groups is 1. The maximum absolute atomic E-state index is 8.90. The molecule has 1 aromatic carbocycles. The fourth-order valence-electron chi connectivity index (χ4n) is 1.53. The summed E-state index contributed by atoms with van der Waals surface area (Å²) in [6.45, 7) is 4.04. The van der Waals surface area contributed by atoms with Crippen LogP contribution >= 0.6 is 0 Å². The Morgan fingerprint density at radius 2 is 2.43 bits per heavy atom. The molecule has 1 unspecified atom stereocenters. The van der Waals surface area contributed by atoms with Crippen molar-refractivity contribution >= 4 is 11.4 Å². The summed E-state index contributed by atoms with van der Waals surface area (Å²) in [5, 5.41) is 15.5. The molecule has 0 aromatic heterocycles. The summed E-state index contributed by atoms with van der Waals surface area (Å²) in [5.74, 6) is 0.305. The van der Waals surface area contributed by atoms with Crippen molar-refractivity contribution in [1.29, 1.82) is 0 Å². The van der Waals surface area contributed by atoms with Crippen molar-refractivity contribution in [3.63, 3.8) is 0 Å². The van der Waals surface area contributed by atoms with Crippen molar-refractivity contribution < 1.29 is 5.11 Å². The van der Waals surface area contributed by atoms with Gasteiger partial charge < -0.3 is 15.7 Å². The first-order valence-electron chi connectivity index (χ1n) is 5.01. The molecule has 0 aliphatic carbocycles. The molecule has 0 amide bonds. The van der Waals surface area contributed by atoms with Gasteiger partial charge in [-0.1, -0.05) is 13.0 Å². The summed E-state index contributed by atoms with van der Waals surface area (Å²) in [7, 11) is 0. The lowest BCUT2D eigenvalue weighted by molar-refractivity contribution is 0.244.